The Morgan fingerprint density at radius 1 is 1.47 bits per heavy atom. The summed E-state index contributed by atoms with van der Waals surface area (Å²) >= 11 is 0. The second kappa shape index (κ2) is 4.99. The van der Waals surface area contributed by atoms with Gasteiger partial charge in [-0.2, -0.15) is 0 Å². The van der Waals surface area contributed by atoms with E-state index in [1.54, 1.807) is 0 Å². The van der Waals surface area contributed by atoms with Gasteiger partial charge in [0.2, 0.25) is 0 Å². The fourth-order valence-corrected chi connectivity index (χ4v) is 1.91. The first kappa shape index (κ1) is 13.5. The average Bonchev–Trinajstić information content (AvgIpc) is 2.70. The van der Waals surface area contributed by atoms with Gasteiger partial charge in [0, 0.05) is 11.5 Å². The van der Waals surface area contributed by atoms with Crippen LogP contribution in [0.5, 0.6) is 11.5 Å². The molecule has 1 atom stereocenters. The molecule has 0 saturated heterocycles. The number of benzene rings is 1. The van der Waals surface area contributed by atoms with Gasteiger partial charge in [0.25, 0.3) is 0 Å². The molecule has 0 radical (unpaired) electrons. The van der Waals surface area contributed by atoms with E-state index in [4.69, 9.17) is 4.74 Å². The van der Waals surface area contributed by atoms with Gasteiger partial charge in [0.1, 0.15) is 11.5 Å². The number of esters is 1. The Kier molecular flexibility index (Phi) is 3.55. The third-order valence-corrected chi connectivity index (χ3v) is 2.74. The van der Waals surface area contributed by atoms with Crippen LogP contribution in [-0.2, 0) is 9.53 Å². The number of rotatable bonds is 3. The normalized spacial score (nSPS) is 17.6. The van der Waals surface area contributed by atoms with Crippen molar-refractivity contribution in [3.63, 3.8) is 0 Å². The standard InChI is InChI=1S/C12H11F3O4/c1-17-11(16)4-7-6-18-10-3-2-8(5-9(7)10)19-12(13,14)15/h2-3,5,7H,4,6H2,1H3/t7-/m0/s1. The third kappa shape index (κ3) is 3.30. The van der Waals surface area contributed by atoms with E-state index < -0.39 is 12.3 Å². The minimum atomic E-state index is -4.74. The smallest absolute Gasteiger partial charge is 0.493 e. The summed E-state index contributed by atoms with van der Waals surface area (Å²) in [6.45, 7) is 0.236. The fraction of sp³-hybridized carbons (Fsp3) is 0.417. The second-order valence-electron chi connectivity index (χ2n) is 4.04. The predicted octanol–water partition coefficient (Wildman–Crippen LogP) is 2.62. The number of methoxy groups -OCH3 is 1. The highest BCUT2D eigenvalue weighted by atomic mass is 19.4. The van der Waals surface area contributed by atoms with E-state index in [2.05, 4.69) is 9.47 Å². The Hall–Kier alpha value is -1.92. The molecule has 0 saturated carbocycles. The molecule has 0 amide bonds. The van der Waals surface area contributed by atoms with E-state index in [-0.39, 0.29) is 24.7 Å². The molecule has 1 aromatic rings. The summed E-state index contributed by atoms with van der Waals surface area (Å²) < 4.78 is 50.0. The van der Waals surface area contributed by atoms with Gasteiger partial charge in [-0.1, -0.05) is 0 Å². The van der Waals surface area contributed by atoms with Crippen LogP contribution in [0.2, 0.25) is 0 Å². The van der Waals surface area contributed by atoms with Crippen LogP contribution in [0.3, 0.4) is 0 Å². The number of carbonyl (C=O) groups excluding carboxylic acids is 1. The van der Waals surface area contributed by atoms with Gasteiger partial charge in [-0.25, -0.2) is 0 Å². The van der Waals surface area contributed by atoms with Crippen molar-refractivity contribution in [3.8, 4) is 11.5 Å². The minimum Gasteiger partial charge on any atom is -0.493 e. The zero-order chi connectivity index (χ0) is 14.0. The molecule has 1 aliphatic rings. The van der Waals surface area contributed by atoms with Crippen molar-refractivity contribution < 1.29 is 32.2 Å². The van der Waals surface area contributed by atoms with Gasteiger partial charge in [0.05, 0.1) is 20.1 Å². The first-order chi connectivity index (χ1) is 8.89. The van der Waals surface area contributed by atoms with Crippen molar-refractivity contribution in [2.24, 2.45) is 0 Å². The zero-order valence-corrected chi connectivity index (χ0v) is 9.99. The summed E-state index contributed by atoms with van der Waals surface area (Å²) in [5.41, 5.74) is 0.521. The molecule has 19 heavy (non-hydrogen) atoms. The van der Waals surface area contributed by atoms with Crippen molar-refractivity contribution in [2.45, 2.75) is 18.7 Å². The molecule has 0 N–H and O–H groups in total. The van der Waals surface area contributed by atoms with Crippen LogP contribution in [-0.4, -0.2) is 26.0 Å². The number of alkyl halides is 3. The number of fused-ring (bicyclic) bond motifs is 1. The molecule has 1 aromatic carbocycles. The number of hydrogen-bond donors (Lipinski definition) is 0. The van der Waals surface area contributed by atoms with Crippen LogP contribution in [0.25, 0.3) is 0 Å². The van der Waals surface area contributed by atoms with Crippen LogP contribution in [0.4, 0.5) is 13.2 Å². The molecule has 0 spiro atoms. The van der Waals surface area contributed by atoms with E-state index in [1.165, 1.54) is 25.3 Å². The quantitative estimate of drug-likeness (QED) is 0.796. The SMILES string of the molecule is COC(=O)C[C@H]1COc2ccc(OC(F)(F)F)cc21. The Bertz CT molecular complexity index is 484. The second-order valence-corrected chi connectivity index (χ2v) is 4.04. The molecule has 1 aliphatic heterocycles. The van der Waals surface area contributed by atoms with Gasteiger partial charge in [0.15, 0.2) is 0 Å². The number of carbonyl (C=O) groups is 1. The monoisotopic (exact) mass is 276 g/mol. The lowest BCUT2D eigenvalue weighted by molar-refractivity contribution is -0.274. The summed E-state index contributed by atoms with van der Waals surface area (Å²) in [4.78, 5) is 11.2. The lowest BCUT2D eigenvalue weighted by Crippen LogP contribution is -2.17. The molecule has 1 heterocycles. The lowest BCUT2D eigenvalue weighted by atomic mass is 9.98. The molecule has 0 unspecified atom stereocenters. The number of halogens is 3. The van der Waals surface area contributed by atoms with E-state index in [0.717, 1.165) is 0 Å². The van der Waals surface area contributed by atoms with Crippen molar-refractivity contribution in [2.75, 3.05) is 13.7 Å². The number of ether oxygens (including phenoxy) is 3. The predicted molar refractivity (Wildman–Crippen MR) is 58.0 cm³/mol. The van der Waals surface area contributed by atoms with Gasteiger partial charge in [-0.15, -0.1) is 13.2 Å². The van der Waals surface area contributed by atoms with Gasteiger partial charge < -0.3 is 14.2 Å². The summed E-state index contributed by atoms with van der Waals surface area (Å²) in [6.07, 6.45) is -4.69. The third-order valence-electron chi connectivity index (χ3n) is 2.74. The first-order valence-corrected chi connectivity index (χ1v) is 5.48. The van der Waals surface area contributed by atoms with Crippen molar-refractivity contribution >= 4 is 5.97 Å². The highest BCUT2D eigenvalue weighted by molar-refractivity contribution is 5.71. The molecule has 0 bridgehead atoms. The van der Waals surface area contributed by atoms with Crippen LogP contribution in [0, 0.1) is 0 Å². The molecule has 0 aromatic heterocycles. The van der Waals surface area contributed by atoms with Crippen LogP contribution < -0.4 is 9.47 Å². The van der Waals surface area contributed by atoms with Crippen molar-refractivity contribution in [1.82, 2.24) is 0 Å². The van der Waals surface area contributed by atoms with Crippen LogP contribution in [0.15, 0.2) is 18.2 Å². The summed E-state index contributed by atoms with van der Waals surface area (Å²) in [6, 6.07) is 3.81. The van der Waals surface area contributed by atoms with Gasteiger partial charge in [-0.05, 0) is 18.2 Å². The topological polar surface area (TPSA) is 44.8 Å². The highest BCUT2D eigenvalue weighted by Gasteiger charge is 2.33. The van der Waals surface area contributed by atoms with Crippen LogP contribution >= 0.6 is 0 Å². The molecule has 2 rings (SSSR count). The minimum absolute atomic E-state index is 0.0545. The lowest BCUT2D eigenvalue weighted by Gasteiger charge is -2.11. The molecule has 7 heteroatoms. The zero-order valence-electron chi connectivity index (χ0n) is 9.99. The Balaban J connectivity index is 2.18. The maximum atomic E-state index is 12.1. The Morgan fingerprint density at radius 2 is 2.21 bits per heavy atom. The van der Waals surface area contributed by atoms with E-state index in [0.29, 0.717) is 11.3 Å². The average molecular weight is 276 g/mol. The highest BCUT2D eigenvalue weighted by Crippen LogP contribution is 2.39. The molecule has 0 fully saturated rings. The molecular weight excluding hydrogens is 265 g/mol. The summed E-state index contributed by atoms with van der Waals surface area (Å²) in [7, 11) is 1.25. The van der Waals surface area contributed by atoms with E-state index >= 15 is 0 Å². The van der Waals surface area contributed by atoms with E-state index in [9.17, 15) is 18.0 Å². The Morgan fingerprint density at radius 3 is 2.84 bits per heavy atom. The van der Waals surface area contributed by atoms with Gasteiger partial charge in [-0.3, -0.25) is 4.79 Å². The van der Waals surface area contributed by atoms with E-state index in [1.807, 2.05) is 0 Å². The van der Waals surface area contributed by atoms with Crippen LogP contribution in [0.1, 0.15) is 17.9 Å². The summed E-state index contributed by atoms with van der Waals surface area (Å²) in [5.74, 6) is -0.627. The molecule has 4 nitrogen and oxygen atoms in total. The fourth-order valence-electron chi connectivity index (χ4n) is 1.91. The molecule has 0 aliphatic carbocycles. The number of hydrogen-bond acceptors (Lipinski definition) is 4. The largest absolute Gasteiger partial charge is 0.573 e. The maximum absolute atomic E-state index is 12.1. The molecule has 104 valence electrons. The van der Waals surface area contributed by atoms with Crippen molar-refractivity contribution in [3.05, 3.63) is 23.8 Å². The van der Waals surface area contributed by atoms with Crippen molar-refractivity contribution in [1.29, 1.82) is 0 Å². The maximum Gasteiger partial charge on any atom is 0.573 e. The summed E-state index contributed by atoms with van der Waals surface area (Å²) in [5, 5.41) is 0. The Labute approximate surface area is 107 Å². The molecular formula is C12H11F3O4. The van der Waals surface area contributed by atoms with Gasteiger partial charge >= 0.3 is 12.3 Å². The first-order valence-electron chi connectivity index (χ1n) is 5.48.